The van der Waals surface area contributed by atoms with Crippen LogP contribution in [0.3, 0.4) is 0 Å². The van der Waals surface area contributed by atoms with Crippen molar-refractivity contribution in [3.8, 4) is 0 Å². The molecule has 0 spiro atoms. The average molecular weight is 354 g/mol. The minimum Gasteiger partial charge on any atom is -0.306 e. The van der Waals surface area contributed by atoms with Gasteiger partial charge in [-0.05, 0) is 55.3 Å². The van der Waals surface area contributed by atoms with Crippen LogP contribution < -0.4 is 5.32 Å². The second-order valence-corrected chi connectivity index (χ2v) is 5.94. The van der Waals surface area contributed by atoms with Crippen LogP contribution in [0.1, 0.15) is 36.1 Å². The summed E-state index contributed by atoms with van der Waals surface area (Å²) in [7, 11) is 0. The predicted octanol–water partition coefficient (Wildman–Crippen LogP) is 5.12. The lowest BCUT2D eigenvalue weighted by molar-refractivity contribution is 0.502. The van der Waals surface area contributed by atoms with Gasteiger partial charge in [0.15, 0.2) is 0 Å². The van der Waals surface area contributed by atoms with Gasteiger partial charge in [-0.1, -0.05) is 35.0 Å². The molecule has 0 fully saturated rings. The van der Waals surface area contributed by atoms with Crippen LogP contribution in [-0.2, 0) is 0 Å². The zero-order valence-electron chi connectivity index (χ0n) is 12.1. The smallest absolute Gasteiger partial charge is 0.131 e. The molecule has 0 aliphatic heterocycles. The highest BCUT2D eigenvalue weighted by atomic mass is 79.9. The summed E-state index contributed by atoms with van der Waals surface area (Å²) < 4.78 is 29.2. The molecule has 1 N–H and O–H groups in total. The molecule has 1 atom stereocenters. The molecule has 2 aromatic carbocycles. The highest BCUT2D eigenvalue weighted by Crippen LogP contribution is 2.30. The van der Waals surface area contributed by atoms with Gasteiger partial charge in [0.05, 0.1) is 6.04 Å². The van der Waals surface area contributed by atoms with E-state index in [-0.39, 0.29) is 5.56 Å². The van der Waals surface area contributed by atoms with Crippen LogP contribution >= 0.6 is 15.9 Å². The van der Waals surface area contributed by atoms with E-state index in [0.29, 0.717) is 6.54 Å². The third kappa shape index (κ3) is 3.69. The lowest BCUT2D eigenvalue weighted by Gasteiger charge is -2.22. The molecule has 2 rings (SSSR count). The SMILES string of the molecule is CCCNC(c1cc(Br)ccc1C)c1c(F)cccc1F. The summed E-state index contributed by atoms with van der Waals surface area (Å²) in [5.41, 5.74) is 1.95. The van der Waals surface area contributed by atoms with Gasteiger partial charge in [-0.3, -0.25) is 0 Å². The summed E-state index contributed by atoms with van der Waals surface area (Å²) >= 11 is 3.43. The zero-order valence-corrected chi connectivity index (χ0v) is 13.7. The lowest BCUT2D eigenvalue weighted by atomic mass is 9.94. The number of halogens is 3. The fourth-order valence-corrected chi connectivity index (χ4v) is 2.74. The third-order valence-corrected chi connectivity index (χ3v) is 3.93. The van der Waals surface area contributed by atoms with Crippen LogP contribution in [0.25, 0.3) is 0 Å². The highest BCUT2D eigenvalue weighted by molar-refractivity contribution is 9.10. The van der Waals surface area contributed by atoms with Crippen molar-refractivity contribution < 1.29 is 8.78 Å². The molecule has 0 aromatic heterocycles. The second-order valence-electron chi connectivity index (χ2n) is 5.02. The summed E-state index contributed by atoms with van der Waals surface area (Å²) in [6, 6.07) is 9.27. The van der Waals surface area contributed by atoms with Gasteiger partial charge in [0, 0.05) is 10.0 Å². The van der Waals surface area contributed by atoms with Gasteiger partial charge in [0.1, 0.15) is 11.6 Å². The van der Waals surface area contributed by atoms with Crippen LogP contribution in [0.4, 0.5) is 8.78 Å². The zero-order chi connectivity index (χ0) is 15.4. The van der Waals surface area contributed by atoms with E-state index in [2.05, 4.69) is 21.2 Å². The van der Waals surface area contributed by atoms with E-state index in [1.165, 1.54) is 18.2 Å². The van der Waals surface area contributed by atoms with Crippen LogP contribution in [-0.4, -0.2) is 6.54 Å². The Balaban J connectivity index is 2.55. The average Bonchev–Trinajstić information content (AvgIpc) is 2.45. The minimum absolute atomic E-state index is 0.0761. The van der Waals surface area contributed by atoms with E-state index < -0.39 is 17.7 Å². The first-order valence-electron chi connectivity index (χ1n) is 6.98. The van der Waals surface area contributed by atoms with E-state index in [9.17, 15) is 8.78 Å². The number of rotatable bonds is 5. The maximum absolute atomic E-state index is 14.2. The van der Waals surface area contributed by atoms with E-state index in [0.717, 1.165) is 22.0 Å². The standard InChI is InChI=1S/C17H18BrF2N/c1-3-9-21-17(13-10-12(18)8-7-11(13)2)16-14(19)5-4-6-15(16)20/h4-8,10,17,21H,3,9H2,1-2H3. The van der Waals surface area contributed by atoms with E-state index in [4.69, 9.17) is 0 Å². The number of hydrogen-bond donors (Lipinski definition) is 1. The topological polar surface area (TPSA) is 12.0 Å². The van der Waals surface area contributed by atoms with E-state index in [1.807, 2.05) is 32.0 Å². The van der Waals surface area contributed by atoms with Crippen molar-refractivity contribution in [3.05, 3.63) is 69.2 Å². The van der Waals surface area contributed by atoms with Crippen LogP contribution in [0.2, 0.25) is 0 Å². The molecule has 0 saturated carbocycles. The summed E-state index contributed by atoms with van der Waals surface area (Å²) in [5, 5.41) is 3.25. The first-order chi connectivity index (χ1) is 10.0. The third-order valence-electron chi connectivity index (χ3n) is 3.44. The molecule has 0 aliphatic carbocycles. The molecule has 0 aliphatic rings. The van der Waals surface area contributed by atoms with E-state index >= 15 is 0 Å². The molecule has 0 saturated heterocycles. The number of nitrogens with one attached hydrogen (secondary N) is 1. The normalized spacial score (nSPS) is 12.4. The number of benzene rings is 2. The molecule has 0 radical (unpaired) electrons. The van der Waals surface area contributed by atoms with Gasteiger partial charge in [-0.15, -0.1) is 0 Å². The van der Waals surface area contributed by atoms with Crippen LogP contribution in [0, 0.1) is 18.6 Å². The molecule has 0 amide bonds. The van der Waals surface area contributed by atoms with Crippen LogP contribution in [0.5, 0.6) is 0 Å². The van der Waals surface area contributed by atoms with Crippen molar-refractivity contribution in [3.63, 3.8) is 0 Å². The maximum Gasteiger partial charge on any atom is 0.131 e. The van der Waals surface area contributed by atoms with E-state index in [1.54, 1.807) is 0 Å². The second kappa shape index (κ2) is 7.14. The first-order valence-corrected chi connectivity index (χ1v) is 7.77. The van der Waals surface area contributed by atoms with Crippen molar-refractivity contribution in [1.29, 1.82) is 0 Å². The molecule has 1 nitrogen and oxygen atoms in total. The minimum atomic E-state index is -0.525. The molecule has 2 aromatic rings. The largest absolute Gasteiger partial charge is 0.306 e. The number of aryl methyl sites for hydroxylation is 1. The summed E-state index contributed by atoms with van der Waals surface area (Å²) in [6.07, 6.45) is 0.889. The van der Waals surface area contributed by atoms with Gasteiger partial charge in [-0.2, -0.15) is 0 Å². The maximum atomic E-state index is 14.2. The Labute approximate surface area is 132 Å². The Hall–Kier alpha value is -1.26. The molecule has 1 unspecified atom stereocenters. The Kier molecular flexibility index (Phi) is 5.48. The summed E-state index contributed by atoms with van der Waals surface area (Å²) in [4.78, 5) is 0. The van der Waals surface area contributed by atoms with Crippen molar-refractivity contribution in [2.75, 3.05) is 6.54 Å². The summed E-state index contributed by atoms with van der Waals surface area (Å²) in [5.74, 6) is -1.05. The monoisotopic (exact) mass is 353 g/mol. The van der Waals surface area contributed by atoms with Gasteiger partial charge >= 0.3 is 0 Å². The van der Waals surface area contributed by atoms with Crippen molar-refractivity contribution in [1.82, 2.24) is 5.32 Å². The molecular formula is C17H18BrF2N. The Bertz CT molecular complexity index is 608. The molecule has 112 valence electrons. The fraction of sp³-hybridized carbons (Fsp3) is 0.294. The molecule has 0 bridgehead atoms. The van der Waals surface area contributed by atoms with Crippen molar-refractivity contribution in [2.24, 2.45) is 0 Å². The number of hydrogen-bond acceptors (Lipinski definition) is 1. The van der Waals surface area contributed by atoms with Gasteiger partial charge in [0.25, 0.3) is 0 Å². The lowest BCUT2D eigenvalue weighted by Crippen LogP contribution is -2.26. The Morgan fingerprint density at radius 1 is 1.14 bits per heavy atom. The Morgan fingerprint density at radius 2 is 1.81 bits per heavy atom. The van der Waals surface area contributed by atoms with Crippen molar-refractivity contribution in [2.45, 2.75) is 26.3 Å². The quantitative estimate of drug-likeness (QED) is 0.785. The van der Waals surface area contributed by atoms with Gasteiger partial charge in [-0.25, -0.2) is 8.78 Å². The van der Waals surface area contributed by atoms with Gasteiger partial charge < -0.3 is 5.32 Å². The molecular weight excluding hydrogens is 336 g/mol. The summed E-state index contributed by atoms with van der Waals surface area (Å²) in [6.45, 7) is 4.65. The molecule has 0 heterocycles. The van der Waals surface area contributed by atoms with Crippen molar-refractivity contribution >= 4 is 15.9 Å². The fourth-order valence-electron chi connectivity index (χ4n) is 2.37. The molecule has 4 heteroatoms. The van der Waals surface area contributed by atoms with Crippen LogP contribution in [0.15, 0.2) is 40.9 Å². The first kappa shape index (κ1) is 16.1. The Morgan fingerprint density at radius 3 is 2.43 bits per heavy atom. The highest BCUT2D eigenvalue weighted by Gasteiger charge is 2.22. The molecule has 21 heavy (non-hydrogen) atoms. The predicted molar refractivity (Wildman–Crippen MR) is 85.4 cm³/mol. The van der Waals surface area contributed by atoms with Gasteiger partial charge in [0.2, 0.25) is 0 Å².